The molecule has 0 saturated carbocycles. The molecule has 0 unspecified atom stereocenters. The number of hydrogen-bond donors (Lipinski definition) is 0. The van der Waals surface area contributed by atoms with Crippen LogP contribution >= 0.6 is 19.0 Å². The average molecular weight is 546 g/mol. The van der Waals surface area contributed by atoms with Crippen LogP contribution in [-0.4, -0.2) is 64.9 Å². The first-order valence-electron chi connectivity index (χ1n) is 12.3. The van der Waals surface area contributed by atoms with Gasteiger partial charge in [0, 0.05) is 43.9 Å². The Kier molecular flexibility index (Phi) is 7.30. The van der Waals surface area contributed by atoms with Crippen LogP contribution in [0.25, 0.3) is 11.3 Å². The summed E-state index contributed by atoms with van der Waals surface area (Å²) in [5.74, 6) is 0.444. The van der Waals surface area contributed by atoms with Crippen molar-refractivity contribution in [3.63, 3.8) is 0 Å². The molecule has 1 fully saturated rings. The number of carbonyl (C=O) groups is 1. The highest BCUT2D eigenvalue weighted by atomic mass is 35.5. The molecule has 0 bridgehead atoms. The summed E-state index contributed by atoms with van der Waals surface area (Å²) in [6, 6.07) is 7.87. The summed E-state index contributed by atoms with van der Waals surface area (Å²) in [6.07, 6.45) is 1.32. The van der Waals surface area contributed by atoms with Crippen LogP contribution in [0.2, 0.25) is 5.02 Å². The number of amides is 1. The van der Waals surface area contributed by atoms with Gasteiger partial charge >= 0.3 is 0 Å². The predicted molar refractivity (Wildman–Crippen MR) is 149 cm³/mol. The molecule has 1 aromatic heterocycles. The van der Waals surface area contributed by atoms with Crippen LogP contribution in [0.3, 0.4) is 0 Å². The monoisotopic (exact) mass is 545 g/mol. The quantitative estimate of drug-likeness (QED) is 0.345. The standard InChI is InChI=1S/C27H34ClFN5O2P/c1-8-23(35)32-14-18(3)33(15-17(32)2)26-20-13-21(28)24(19-11-9-10-12-22(19)29)30-25(20)34(16-27(4,5)6)37(7,36)31-26/h8-13,17-18H,1,14-16H2,2-7H3/t17-,18+,37-/m1/s1. The zero-order chi connectivity index (χ0) is 27.3. The van der Waals surface area contributed by atoms with Crippen LogP contribution in [0.5, 0.6) is 0 Å². The summed E-state index contributed by atoms with van der Waals surface area (Å²) in [5.41, 5.74) is 1.000. The number of aromatic nitrogens is 1. The Balaban J connectivity index is 1.88. The Bertz CT molecular complexity index is 1320. The van der Waals surface area contributed by atoms with Gasteiger partial charge in [-0.3, -0.25) is 14.0 Å². The highest BCUT2D eigenvalue weighted by Gasteiger charge is 2.42. The van der Waals surface area contributed by atoms with Gasteiger partial charge in [-0.1, -0.05) is 51.1 Å². The molecule has 1 amide bonds. The number of amidine groups is 1. The first-order valence-corrected chi connectivity index (χ1v) is 14.8. The van der Waals surface area contributed by atoms with E-state index < -0.39 is 13.3 Å². The first-order chi connectivity index (χ1) is 17.2. The second kappa shape index (κ2) is 9.88. The Morgan fingerprint density at radius 3 is 2.51 bits per heavy atom. The van der Waals surface area contributed by atoms with Gasteiger partial charge < -0.3 is 9.80 Å². The molecule has 0 spiro atoms. The number of anilines is 1. The number of fused-ring (bicyclic) bond motifs is 1. The SMILES string of the molecule is C=CC(=O)N1C[C@H](C)N(C2=N[P@@](C)(=O)N(CC(C)(C)C)c3nc(-c4ccccc4F)c(Cl)cc32)C[C@H]1C. The number of carbonyl (C=O) groups excluding carboxylic acids is 1. The van der Waals surface area contributed by atoms with Gasteiger partial charge in [-0.2, -0.15) is 4.76 Å². The lowest BCUT2D eigenvalue weighted by Crippen LogP contribution is -2.59. The lowest BCUT2D eigenvalue weighted by molar-refractivity contribution is -0.130. The minimum atomic E-state index is -3.29. The molecule has 198 valence electrons. The Hall–Kier alpha value is -2.70. The number of hydrogen-bond acceptors (Lipinski definition) is 4. The lowest BCUT2D eigenvalue weighted by Gasteiger charge is -2.47. The zero-order valence-corrected chi connectivity index (χ0v) is 23.9. The van der Waals surface area contributed by atoms with Crippen molar-refractivity contribution in [2.24, 2.45) is 10.2 Å². The van der Waals surface area contributed by atoms with E-state index in [2.05, 4.69) is 32.3 Å². The molecular weight excluding hydrogens is 512 g/mol. The molecule has 1 saturated heterocycles. The molecule has 7 nitrogen and oxygen atoms in total. The first kappa shape index (κ1) is 27.3. The molecule has 4 rings (SSSR count). The number of rotatable bonds is 3. The molecule has 3 atom stereocenters. The summed E-state index contributed by atoms with van der Waals surface area (Å²) in [7, 11) is -3.29. The number of pyridine rings is 1. The highest BCUT2D eigenvalue weighted by molar-refractivity contribution is 7.63. The fraction of sp³-hybridized carbons (Fsp3) is 0.444. The summed E-state index contributed by atoms with van der Waals surface area (Å²) in [4.78, 5) is 21.1. The number of benzene rings is 1. The van der Waals surface area contributed by atoms with Crippen molar-refractivity contribution in [1.82, 2.24) is 14.8 Å². The number of piperazine rings is 1. The van der Waals surface area contributed by atoms with E-state index in [1.54, 1.807) is 40.5 Å². The molecule has 2 aliphatic rings. The molecular formula is C27H34ClFN5O2P. The van der Waals surface area contributed by atoms with E-state index in [0.29, 0.717) is 42.5 Å². The van der Waals surface area contributed by atoms with Gasteiger partial charge in [0.25, 0.3) is 7.44 Å². The Morgan fingerprint density at radius 1 is 1.22 bits per heavy atom. The largest absolute Gasteiger partial charge is 0.349 e. The minimum Gasteiger partial charge on any atom is -0.349 e. The summed E-state index contributed by atoms with van der Waals surface area (Å²) in [5, 5.41) is 0.279. The lowest BCUT2D eigenvalue weighted by atomic mass is 9.96. The fourth-order valence-corrected chi connectivity index (χ4v) is 6.98. The van der Waals surface area contributed by atoms with E-state index in [1.807, 2.05) is 13.8 Å². The highest BCUT2D eigenvalue weighted by Crippen LogP contribution is 2.56. The van der Waals surface area contributed by atoms with Gasteiger partial charge in [0.05, 0.1) is 16.3 Å². The van der Waals surface area contributed by atoms with Crippen molar-refractivity contribution in [2.75, 3.05) is 31.0 Å². The molecule has 0 N–H and O–H groups in total. The number of halogens is 2. The fourth-order valence-electron chi connectivity index (χ4n) is 4.86. The van der Waals surface area contributed by atoms with E-state index in [4.69, 9.17) is 21.3 Å². The van der Waals surface area contributed by atoms with Crippen LogP contribution in [-0.2, 0) is 9.36 Å². The second-order valence-electron chi connectivity index (χ2n) is 11.1. The summed E-state index contributed by atoms with van der Waals surface area (Å²) < 4.78 is 35.5. The van der Waals surface area contributed by atoms with Crippen molar-refractivity contribution in [2.45, 2.75) is 46.7 Å². The molecule has 3 heterocycles. The second-order valence-corrected chi connectivity index (χ2v) is 13.9. The molecule has 37 heavy (non-hydrogen) atoms. The van der Waals surface area contributed by atoms with Crippen molar-refractivity contribution < 1.29 is 13.8 Å². The van der Waals surface area contributed by atoms with E-state index >= 15 is 0 Å². The van der Waals surface area contributed by atoms with Gasteiger partial charge in [0.2, 0.25) is 5.91 Å². The molecule has 2 aromatic rings. The van der Waals surface area contributed by atoms with E-state index in [-0.39, 0.29) is 34.0 Å². The maximum Gasteiger partial charge on any atom is 0.281 e. The summed E-state index contributed by atoms with van der Waals surface area (Å²) >= 11 is 6.72. The van der Waals surface area contributed by atoms with E-state index in [1.165, 1.54) is 12.1 Å². The topological polar surface area (TPSA) is 69.1 Å². The van der Waals surface area contributed by atoms with Crippen molar-refractivity contribution in [1.29, 1.82) is 0 Å². The summed E-state index contributed by atoms with van der Waals surface area (Å²) in [6.45, 7) is 16.8. The van der Waals surface area contributed by atoms with Gasteiger partial charge in [0.15, 0.2) is 0 Å². The molecule has 10 heteroatoms. The third-order valence-electron chi connectivity index (χ3n) is 6.64. The van der Waals surface area contributed by atoms with Gasteiger partial charge in [-0.15, -0.1) is 0 Å². The van der Waals surface area contributed by atoms with E-state index in [9.17, 15) is 13.8 Å². The van der Waals surface area contributed by atoms with Crippen LogP contribution in [0, 0.1) is 11.2 Å². The molecule has 2 aliphatic heterocycles. The van der Waals surface area contributed by atoms with Crippen molar-refractivity contribution >= 4 is 36.6 Å². The van der Waals surface area contributed by atoms with Crippen LogP contribution in [0.1, 0.15) is 40.2 Å². The molecule has 1 aromatic carbocycles. The third-order valence-corrected chi connectivity index (χ3v) is 8.71. The molecule has 0 radical (unpaired) electrons. The van der Waals surface area contributed by atoms with Crippen LogP contribution in [0.15, 0.2) is 47.7 Å². The van der Waals surface area contributed by atoms with Gasteiger partial charge in [0.1, 0.15) is 17.5 Å². The predicted octanol–water partition coefficient (Wildman–Crippen LogP) is 6.08. The zero-order valence-electron chi connectivity index (χ0n) is 22.2. The average Bonchev–Trinajstić information content (AvgIpc) is 2.81. The van der Waals surface area contributed by atoms with Crippen molar-refractivity contribution in [3.8, 4) is 11.3 Å². The number of nitrogens with zero attached hydrogens (tertiary/aromatic N) is 5. The van der Waals surface area contributed by atoms with Crippen LogP contribution < -0.4 is 4.67 Å². The van der Waals surface area contributed by atoms with Gasteiger partial charge in [-0.05, 0) is 43.5 Å². The minimum absolute atomic E-state index is 0.106. The van der Waals surface area contributed by atoms with Crippen LogP contribution in [0.4, 0.5) is 10.2 Å². The maximum absolute atomic E-state index is 14.8. The Labute approximate surface area is 223 Å². The van der Waals surface area contributed by atoms with E-state index in [0.717, 1.165) is 0 Å². The third kappa shape index (κ3) is 5.32. The van der Waals surface area contributed by atoms with Crippen molar-refractivity contribution in [3.05, 3.63) is 59.4 Å². The normalized spacial score (nSPS) is 24.0. The Morgan fingerprint density at radius 2 is 1.89 bits per heavy atom. The maximum atomic E-state index is 14.8. The van der Waals surface area contributed by atoms with Gasteiger partial charge in [-0.25, -0.2) is 9.37 Å². The smallest absolute Gasteiger partial charge is 0.281 e. The molecule has 0 aliphatic carbocycles.